The molecule has 1 N–H and O–H groups in total. The Hall–Kier alpha value is -0.870. The minimum atomic E-state index is 0.0292. The summed E-state index contributed by atoms with van der Waals surface area (Å²) in [6.07, 6.45) is 3.72. The molecule has 1 aliphatic rings. The molecule has 0 aromatic carbocycles. The molecule has 2 heterocycles. The molecule has 1 aromatic heterocycles. The van der Waals surface area contributed by atoms with Crippen molar-refractivity contribution < 1.29 is 9.63 Å². The first kappa shape index (κ1) is 9.68. The third kappa shape index (κ3) is 1.96. The molecule has 1 aromatic rings. The number of aliphatic hydroxyl groups excluding tert-OH is 1. The summed E-state index contributed by atoms with van der Waals surface area (Å²) in [5.41, 5.74) is 0.833. The van der Waals surface area contributed by atoms with Crippen LogP contribution < -0.4 is 0 Å². The van der Waals surface area contributed by atoms with Crippen LogP contribution in [0.4, 0.5) is 0 Å². The van der Waals surface area contributed by atoms with Gasteiger partial charge in [-0.2, -0.15) is 0 Å². The van der Waals surface area contributed by atoms with Crippen LogP contribution in [-0.4, -0.2) is 35.3 Å². The topological polar surface area (TPSA) is 49.5 Å². The first-order valence-electron chi connectivity index (χ1n) is 5.01. The molecule has 0 bridgehead atoms. The second-order valence-electron chi connectivity index (χ2n) is 4.05. The maximum Gasteiger partial charge on any atom is 0.142 e. The zero-order valence-corrected chi connectivity index (χ0v) is 8.44. The largest absolute Gasteiger partial charge is 0.391 e. The molecule has 14 heavy (non-hydrogen) atoms. The number of aromatic nitrogens is 1. The van der Waals surface area contributed by atoms with Crippen molar-refractivity contribution in [3.05, 3.63) is 17.5 Å². The monoisotopic (exact) mass is 196 g/mol. The zero-order chi connectivity index (χ0) is 9.97. The van der Waals surface area contributed by atoms with Crippen molar-refractivity contribution in [1.82, 2.24) is 10.1 Å². The van der Waals surface area contributed by atoms with E-state index in [4.69, 9.17) is 9.63 Å². The van der Waals surface area contributed by atoms with Gasteiger partial charge in [0.1, 0.15) is 5.76 Å². The summed E-state index contributed by atoms with van der Waals surface area (Å²) in [6, 6.07) is 0. The zero-order valence-electron chi connectivity index (χ0n) is 8.44. The van der Waals surface area contributed by atoms with Gasteiger partial charge in [0.05, 0.1) is 12.8 Å². The molecule has 0 amide bonds. The van der Waals surface area contributed by atoms with Crippen molar-refractivity contribution in [2.45, 2.75) is 19.4 Å². The van der Waals surface area contributed by atoms with Gasteiger partial charge in [-0.3, -0.25) is 0 Å². The summed E-state index contributed by atoms with van der Waals surface area (Å²) in [7, 11) is 2.13. The lowest BCUT2D eigenvalue weighted by Crippen LogP contribution is -2.15. The Morgan fingerprint density at radius 3 is 3.21 bits per heavy atom. The van der Waals surface area contributed by atoms with E-state index in [-0.39, 0.29) is 6.61 Å². The molecular weight excluding hydrogens is 180 g/mol. The summed E-state index contributed by atoms with van der Waals surface area (Å²) < 4.78 is 5.12. The lowest BCUT2D eigenvalue weighted by atomic mass is 10.0. The van der Waals surface area contributed by atoms with Gasteiger partial charge in [-0.1, -0.05) is 5.16 Å². The number of hydrogen-bond donors (Lipinski definition) is 1. The van der Waals surface area contributed by atoms with Crippen LogP contribution in [0.15, 0.2) is 10.7 Å². The van der Waals surface area contributed by atoms with Crippen molar-refractivity contribution in [2.75, 3.05) is 20.1 Å². The summed E-state index contributed by atoms with van der Waals surface area (Å²) in [4.78, 5) is 2.32. The van der Waals surface area contributed by atoms with Gasteiger partial charge in [-0.05, 0) is 25.9 Å². The maximum absolute atomic E-state index is 9.02. The van der Waals surface area contributed by atoms with E-state index in [2.05, 4.69) is 17.1 Å². The van der Waals surface area contributed by atoms with Gasteiger partial charge in [0.25, 0.3) is 0 Å². The summed E-state index contributed by atoms with van der Waals surface area (Å²) in [6.45, 7) is 2.31. The highest BCUT2D eigenvalue weighted by Crippen LogP contribution is 2.21. The van der Waals surface area contributed by atoms with Gasteiger partial charge in [0, 0.05) is 18.5 Å². The molecule has 1 atom stereocenters. The Kier molecular flexibility index (Phi) is 2.84. The first-order valence-corrected chi connectivity index (χ1v) is 5.01. The number of likely N-dealkylation sites (tertiary alicyclic amines) is 1. The molecule has 1 fully saturated rings. The van der Waals surface area contributed by atoms with Crippen molar-refractivity contribution in [1.29, 1.82) is 0 Å². The molecule has 0 radical (unpaired) electrons. The Morgan fingerprint density at radius 1 is 1.71 bits per heavy atom. The summed E-state index contributed by atoms with van der Waals surface area (Å²) in [5.74, 6) is 1.51. The normalized spacial score (nSPS) is 23.1. The van der Waals surface area contributed by atoms with E-state index in [9.17, 15) is 0 Å². The quantitative estimate of drug-likeness (QED) is 0.771. The highest BCUT2D eigenvalue weighted by atomic mass is 16.5. The highest BCUT2D eigenvalue weighted by Gasteiger charge is 2.22. The van der Waals surface area contributed by atoms with E-state index in [1.165, 1.54) is 6.42 Å². The molecule has 4 nitrogen and oxygen atoms in total. The van der Waals surface area contributed by atoms with E-state index in [0.29, 0.717) is 5.92 Å². The average molecular weight is 196 g/mol. The summed E-state index contributed by atoms with van der Waals surface area (Å²) >= 11 is 0. The predicted octanol–water partition coefficient (Wildman–Crippen LogP) is 0.661. The van der Waals surface area contributed by atoms with Crippen LogP contribution in [0.25, 0.3) is 0 Å². The second-order valence-corrected chi connectivity index (χ2v) is 4.05. The molecule has 1 saturated heterocycles. The standard InChI is InChI=1S/C10H16N2O2/c1-12-3-2-8(6-12)4-10-9(7-13)5-11-14-10/h5,8,13H,2-4,6-7H2,1H3. The van der Waals surface area contributed by atoms with Crippen molar-refractivity contribution in [2.24, 2.45) is 5.92 Å². The van der Waals surface area contributed by atoms with Crippen LogP contribution >= 0.6 is 0 Å². The molecule has 1 unspecified atom stereocenters. The van der Waals surface area contributed by atoms with E-state index in [1.54, 1.807) is 6.20 Å². The van der Waals surface area contributed by atoms with Crippen LogP contribution in [0.3, 0.4) is 0 Å². The van der Waals surface area contributed by atoms with Crippen LogP contribution in [0.1, 0.15) is 17.7 Å². The average Bonchev–Trinajstić information content (AvgIpc) is 2.76. The number of nitrogens with zero attached hydrogens (tertiary/aromatic N) is 2. The van der Waals surface area contributed by atoms with Crippen molar-refractivity contribution in [3.63, 3.8) is 0 Å². The first-order chi connectivity index (χ1) is 6.79. The minimum Gasteiger partial charge on any atom is -0.391 e. The van der Waals surface area contributed by atoms with Crippen LogP contribution in [0, 0.1) is 5.92 Å². The lowest BCUT2D eigenvalue weighted by Gasteiger charge is -2.08. The van der Waals surface area contributed by atoms with Crippen LogP contribution in [-0.2, 0) is 13.0 Å². The SMILES string of the molecule is CN1CCC(Cc2oncc2CO)C1. The molecule has 4 heteroatoms. The van der Waals surface area contributed by atoms with E-state index in [1.807, 2.05) is 0 Å². The van der Waals surface area contributed by atoms with E-state index >= 15 is 0 Å². The van der Waals surface area contributed by atoms with Crippen LogP contribution in [0.5, 0.6) is 0 Å². The Morgan fingerprint density at radius 2 is 2.57 bits per heavy atom. The Balaban J connectivity index is 1.97. The smallest absolute Gasteiger partial charge is 0.142 e. The predicted molar refractivity (Wildman–Crippen MR) is 51.7 cm³/mol. The van der Waals surface area contributed by atoms with Gasteiger partial charge in [-0.25, -0.2) is 0 Å². The lowest BCUT2D eigenvalue weighted by molar-refractivity contribution is 0.274. The third-order valence-electron chi connectivity index (χ3n) is 2.86. The van der Waals surface area contributed by atoms with Crippen LogP contribution in [0.2, 0.25) is 0 Å². The molecular formula is C10H16N2O2. The van der Waals surface area contributed by atoms with E-state index in [0.717, 1.165) is 30.8 Å². The number of hydrogen-bond acceptors (Lipinski definition) is 4. The van der Waals surface area contributed by atoms with E-state index < -0.39 is 0 Å². The molecule has 78 valence electrons. The summed E-state index contributed by atoms with van der Waals surface area (Å²) in [5, 5.41) is 12.7. The highest BCUT2D eigenvalue weighted by molar-refractivity contribution is 5.12. The van der Waals surface area contributed by atoms with Gasteiger partial charge < -0.3 is 14.5 Å². The van der Waals surface area contributed by atoms with Crippen molar-refractivity contribution in [3.8, 4) is 0 Å². The van der Waals surface area contributed by atoms with Gasteiger partial charge >= 0.3 is 0 Å². The molecule has 0 aliphatic carbocycles. The minimum absolute atomic E-state index is 0.0292. The number of rotatable bonds is 3. The maximum atomic E-state index is 9.02. The second kappa shape index (κ2) is 4.11. The molecule has 0 saturated carbocycles. The molecule has 0 spiro atoms. The van der Waals surface area contributed by atoms with Crippen molar-refractivity contribution >= 4 is 0 Å². The molecule has 2 rings (SSSR count). The van der Waals surface area contributed by atoms with Gasteiger partial charge in [0.15, 0.2) is 0 Å². The fraction of sp³-hybridized carbons (Fsp3) is 0.700. The number of aliphatic hydroxyl groups is 1. The Labute approximate surface area is 83.5 Å². The van der Waals surface area contributed by atoms with Gasteiger partial charge in [-0.15, -0.1) is 0 Å². The fourth-order valence-electron chi connectivity index (χ4n) is 2.04. The third-order valence-corrected chi connectivity index (χ3v) is 2.86. The molecule has 1 aliphatic heterocycles. The van der Waals surface area contributed by atoms with Gasteiger partial charge in [0.2, 0.25) is 0 Å². The Bertz CT molecular complexity index is 298. The fourth-order valence-corrected chi connectivity index (χ4v) is 2.04.